The Hall–Kier alpha value is -1.94. The molecule has 0 amide bonds. The van der Waals surface area contributed by atoms with E-state index >= 15 is 0 Å². The van der Waals surface area contributed by atoms with Crippen LogP contribution in [0.3, 0.4) is 0 Å². The zero-order valence-electron chi connectivity index (χ0n) is 55.7. The molecule has 2 aromatic heterocycles. The fraction of sp³-hybridized carbons (Fsp3) is 0.760. The van der Waals surface area contributed by atoms with Crippen LogP contribution in [-0.4, -0.2) is 57.4 Å². The Bertz CT molecular complexity index is 2600. The molecule has 7 rings (SSSR count). The van der Waals surface area contributed by atoms with Gasteiger partial charge in [0.05, 0.1) is 0 Å². The second-order valence-corrected chi connectivity index (χ2v) is 56.0. The maximum absolute atomic E-state index is 6.23. The van der Waals surface area contributed by atoms with Crippen LogP contribution in [0.2, 0.25) is 28.1 Å². The Morgan fingerprint density at radius 2 is 0.566 bits per heavy atom. The van der Waals surface area contributed by atoms with Crippen molar-refractivity contribution in [1.29, 1.82) is 0 Å². The van der Waals surface area contributed by atoms with E-state index in [1.807, 2.05) is 0 Å². The van der Waals surface area contributed by atoms with Gasteiger partial charge in [-0.1, -0.05) is 53.4 Å². The summed E-state index contributed by atoms with van der Waals surface area (Å²) >= 11 is -5.95. The van der Waals surface area contributed by atoms with Crippen LogP contribution < -0.4 is 7.16 Å². The van der Waals surface area contributed by atoms with E-state index in [4.69, 9.17) is 29.9 Å². The zero-order valence-corrected chi connectivity index (χ0v) is 61.4. The molecule has 0 fully saturated rings. The third-order valence-corrected chi connectivity index (χ3v) is 42.3. The number of benzene rings is 3. The van der Waals surface area contributed by atoms with Crippen LogP contribution in [0.15, 0.2) is 33.5 Å². The molecular formula is C75H124N4O2Sn2. The number of nitrogens with zero attached hydrogens (tertiary/aromatic N) is 4. The molecule has 0 spiro atoms. The SMILES string of the molecule is CCCCCCCCCCC1(CCCCCCCCCC)c2cc3c(cc2-c2c1c[c]([Sn]([CH3])([CH3])[CH3])c1nonc21)C(CCCCCCCCCC)(CCCCCCCCCC)c1c[c]([Sn]([CH2]CCC)([CH2]CCC)[CH2]CCC)c2nonc2c1-3. The van der Waals surface area contributed by atoms with Crippen LogP contribution in [0.25, 0.3) is 44.3 Å². The molecule has 5 aromatic rings. The molecule has 0 bridgehead atoms. The van der Waals surface area contributed by atoms with E-state index in [0.29, 0.717) is 0 Å². The first-order valence-electron chi connectivity index (χ1n) is 36.4. The van der Waals surface area contributed by atoms with Crippen molar-refractivity contribution >= 4 is 66.0 Å². The summed E-state index contributed by atoms with van der Waals surface area (Å²) in [5, 5.41) is 20.3. The summed E-state index contributed by atoms with van der Waals surface area (Å²) in [6.07, 6.45) is 55.3. The van der Waals surface area contributed by atoms with E-state index in [-0.39, 0.29) is 10.8 Å². The van der Waals surface area contributed by atoms with Crippen molar-refractivity contribution in [2.24, 2.45) is 0 Å². The van der Waals surface area contributed by atoms with Crippen molar-refractivity contribution in [3.63, 3.8) is 0 Å². The molecule has 0 N–H and O–H groups in total. The number of hydrogen-bond acceptors (Lipinski definition) is 6. The topological polar surface area (TPSA) is 77.8 Å². The van der Waals surface area contributed by atoms with Crippen molar-refractivity contribution in [3.8, 4) is 22.3 Å². The quantitative estimate of drug-likeness (QED) is 0.0285. The molecule has 0 radical (unpaired) electrons. The molecule has 83 heavy (non-hydrogen) atoms. The Labute approximate surface area is 517 Å². The average molecular weight is 1350 g/mol. The minimum atomic E-state index is -3.15. The van der Waals surface area contributed by atoms with Gasteiger partial charge in [0.15, 0.2) is 0 Å². The number of hydrogen-bond donors (Lipinski definition) is 0. The third-order valence-electron chi connectivity index (χ3n) is 21.1. The van der Waals surface area contributed by atoms with Crippen molar-refractivity contribution in [2.45, 2.75) is 357 Å². The van der Waals surface area contributed by atoms with Crippen LogP contribution in [0, 0.1) is 0 Å². The first-order valence-corrected chi connectivity index (χ1v) is 53.8. The Kier molecular flexibility index (Phi) is 29.2. The van der Waals surface area contributed by atoms with E-state index in [0.717, 1.165) is 22.1 Å². The molecule has 3 aromatic carbocycles. The van der Waals surface area contributed by atoms with Gasteiger partial charge in [-0.05, 0) is 0 Å². The van der Waals surface area contributed by atoms with Crippen molar-refractivity contribution in [1.82, 2.24) is 20.6 Å². The summed E-state index contributed by atoms with van der Waals surface area (Å²) in [5.41, 5.74) is 16.1. The standard InChI is InChI=1S/C60H88N4O2.3C4H9.3CH3.2Sn/c1-5-9-13-17-21-25-29-33-41-59(42-34-30-26-22-18-14-10-6-2)49-37-39-53-57(63-65-61-53)55(49)47-46-52-48(45-51(47)59)56-50(38-40-54-58(56)64-66-62-54)60(52,43-35-31-27-23-19-15-11-7-3)44-36-32-28-24-20-16-12-8-4;3*1-3-4-2;;;;;/h37-38,45-46H,5-36,41-44H2,1-4H3;3*1,3-4H2,2H3;3*1H3;;. The van der Waals surface area contributed by atoms with E-state index in [9.17, 15) is 0 Å². The first kappa shape index (κ1) is 68.5. The van der Waals surface area contributed by atoms with E-state index in [2.05, 4.69) is 87.6 Å². The number of unbranched alkanes of at least 4 members (excludes halogenated alkanes) is 31. The summed E-state index contributed by atoms with van der Waals surface area (Å²) in [5.74, 6) is 0. The second-order valence-electron chi connectivity index (χ2n) is 28.5. The fourth-order valence-electron chi connectivity index (χ4n) is 16.1. The van der Waals surface area contributed by atoms with Gasteiger partial charge in [-0.3, -0.25) is 0 Å². The van der Waals surface area contributed by atoms with E-state index < -0.39 is 36.8 Å². The molecule has 0 aliphatic heterocycles. The molecule has 0 unspecified atom stereocenters. The van der Waals surface area contributed by atoms with Crippen molar-refractivity contribution < 1.29 is 9.26 Å². The van der Waals surface area contributed by atoms with Gasteiger partial charge in [0, 0.05) is 0 Å². The van der Waals surface area contributed by atoms with E-state index in [1.54, 1.807) is 25.8 Å². The van der Waals surface area contributed by atoms with Crippen LogP contribution in [-0.2, 0) is 10.8 Å². The summed E-state index contributed by atoms with van der Waals surface area (Å²) in [4.78, 5) is 7.75. The van der Waals surface area contributed by atoms with Gasteiger partial charge in [-0.2, -0.15) is 0 Å². The van der Waals surface area contributed by atoms with Gasteiger partial charge in [-0.25, -0.2) is 0 Å². The molecule has 464 valence electrons. The fourth-order valence-corrected chi connectivity index (χ4v) is 36.7. The van der Waals surface area contributed by atoms with Crippen LogP contribution in [0.5, 0.6) is 0 Å². The van der Waals surface area contributed by atoms with E-state index in [1.165, 1.54) is 309 Å². The summed E-state index contributed by atoms with van der Waals surface area (Å²) in [7, 11) is 0. The molecule has 2 aliphatic carbocycles. The summed E-state index contributed by atoms with van der Waals surface area (Å²) in [6, 6.07) is 11.3. The van der Waals surface area contributed by atoms with Crippen molar-refractivity contribution in [3.05, 3.63) is 46.5 Å². The van der Waals surface area contributed by atoms with Gasteiger partial charge < -0.3 is 0 Å². The third kappa shape index (κ3) is 17.1. The zero-order chi connectivity index (χ0) is 59.0. The summed E-state index contributed by atoms with van der Waals surface area (Å²) < 4.78 is 19.6. The normalized spacial score (nSPS) is 14.3. The molecule has 0 atom stereocenters. The van der Waals surface area contributed by atoms with Crippen molar-refractivity contribution in [2.75, 3.05) is 0 Å². The van der Waals surface area contributed by atoms with Crippen LogP contribution >= 0.6 is 0 Å². The molecule has 0 saturated carbocycles. The predicted molar refractivity (Wildman–Crippen MR) is 366 cm³/mol. The Morgan fingerprint density at radius 3 is 0.867 bits per heavy atom. The van der Waals surface area contributed by atoms with Gasteiger partial charge in [0.2, 0.25) is 0 Å². The Morgan fingerprint density at radius 1 is 0.301 bits per heavy atom. The maximum atomic E-state index is 6.23. The second kappa shape index (κ2) is 35.3. The Balaban J connectivity index is 1.49. The van der Waals surface area contributed by atoms with Crippen LogP contribution in [0.4, 0.5) is 0 Å². The molecule has 8 heteroatoms. The molecule has 0 saturated heterocycles. The number of fused-ring (bicyclic) bond motifs is 10. The minimum absolute atomic E-state index is 0.114. The summed E-state index contributed by atoms with van der Waals surface area (Å²) in [6.45, 7) is 16.7. The molecular weight excluding hydrogens is 1230 g/mol. The number of rotatable bonds is 47. The first-order chi connectivity index (χ1) is 40.6. The van der Waals surface area contributed by atoms with Gasteiger partial charge in [0.1, 0.15) is 0 Å². The molecule has 6 nitrogen and oxygen atoms in total. The average Bonchev–Trinajstić information content (AvgIpc) is 2.46. The molecule has 2 aliphatic rings. The predicted octanol–water partition coefficient (Wildman–Crippen LogP) is 24.0. The van der Waals surface area contributed by atoms with Gasteiger partial charge >= 0.3 is 468 Å². The number of aromatic nitrogens is 4. The van der Waals surface area contributed by atoms with Crippen LogP contribution in [0.1, 0.15) is 340 Å². The molecule has 2 heterocycles. The van der Waals surface area contributed by atoms with Gasteiger partial charge in [-0.15, -0.1) is 0 Å². The van der Waals surface area contributed by atoms with Gasteiger partial charge in [0.25, 0.3) is 0 Å². The monoisotopic (exact) mass is 1350 g/mol.